The van der Waals surface area contributed by atoms with Crippen molar-refractivity contribution in [1.29, 1.82) is 0 Å². The lowest BCUT2D eigenvalue weighted by molar-refractivity contribution is -0.384. The summed E-state index contributed by atoms with van der Waals surface area (Å²) in [5, 5.41) is 10.7. The van der Waals surface area contributed by atoms with E-state index in [1.807, 2.05) is 0 Å². The Balaban J connectivity index is 1.31. The summed E-state index contributed by atoms with van der Waals surface area (Å²) < 4.78 is 33.3. The van der Waals surface area contributed by atoms with E-state index in [-0.39, 0.29) is 22.7 Å². The van der Waals surface area contributed by atoms with Crippen LogP contribution in [-0.2, 0) is 14.8 Å². The molecule has 0 heterocycles. The van der Waals surface area contributed by atoms with Gasteiger partial charge in [0, 0.05) is 18.7 Å². The van der Waals surface area contributed by atoms with Gasteiger partial charge in [0.2, 0.25) is 10.0 Å². The number of non-ortho nitro benzene ring substituents is 1. The molecule has 4 aliphatic carbocycles. The largest absolute Gasteiger partial charge is 0.374 e. The van der Waals surface area contributed by atoms with Crippen LogP contribution in [0.25, 0.3) is 0 Å². The van der Waals surface area contributed by atoms with Crippen molar-refractivity contribution >= 4 is 15.7 Å². The lowest BCUT2D eigenvalue weighted by Gasteiger charge is -2.56. The molecule has 4 bridgehead atoms. The third-order valence-corrected chi connectivity index (χ3v) is 7.62. The molecule has 0 saturated heterocycles. The maximum Gasteiger partial charge on any atom is 0.269 e. The Bertz CT molecular complexity index is 755. The molecule has 0 aliphatic heterocycles. The Kier molecular flexibility index (Phi) is 4.53. The maximum atomic E-state index is 12.3. The maximum absolute atomic E-state index is 12.3. The predicted molar refractivity (Wildman–Crippen MR) is 95.1 cm³/mol. The molecule has 0 radical (unpaired) electrons. The fraction of sp³-hybridized carbons (Fsp3) is 0.667. The van der Waals surface area contributed by atoms with Gasteiger partial charge in [-0.15, -0.1) is 0 Å². The second kappa shape index (κ2) is 6.58. The zero-order valence-electron chi connectivity index (χ0n) is 14.6. The minimum absolute atomic E-state index is 0.0258. The Morgan fingerprint density at radius 1 is 1.08 bits per heavy atom. The molecule has 0 amide bonds. The summed E-state index contributed by atoms with van der Waals surface area (Å²) in [7, 11) is -3.68. The van der Waals surface area contributed by atoms with Crippen molar-refractivity contribution in [3.8, 4) is 0 Å². The molecule has 0 unspecified atom stereocenters. The third-order valence-electron chi connectivity index (χ3n) is 6.14. The molecule has 4 saturated carbocycles. The highest BCUT2D eigenvalue weighted by molar-refractivity contribution is 7.89. The average Bonchev–Trinajstić information content (AvgIpc) is 2.58. The molecule has 26 heavy (non-hydrogen) atoms. The van der Waals surface area contributed by atoms with E-state index < -0.39 is 14.9 Å². The van der Waals surface area contributed by atoms with Crippen molar-refractivity contribution in [2.45, 2.75) is 49.0 Å². The molecule has 0 atom stereocenters. The number of nitrogens with zero attached hydrogens (tertiary/aromatic N) is 1. The van der Waals surface area contributed by atoms with E-state index in [0.717, 1.165) is 37.0 Å². The zero-order valence-corrected chi connectivity index (χ0v) is 15.4. The monoisotopic (exact) mass is 380 g/mol. The second-order valence-electron chi connectivity index (χ2n) is 8.10. The predicted octanol–water partition coefficient (Wildman–Crippen LogP) is 2.86. The first-order valence-electron chi connectivity index (χ1n) is 9.23. The van der Waals surface area contributed by atoms with E-state index in [1.54, 1.807) is 0 Å². The molecule has 0 aromatic heterocycles. The van der Waals surface area contributed by atoms with Gasteiger partial charge in [-0.2, -0.15) is 0 Å². The van der Waals surface area contributed by atoms with Crippen LogP contribution in [0.5, 0.6) is 0 Å². The van der Waals surface area contributed by atoms with Gasteiger partial charge in [-0.05, 0) is 68.4 Å². The minimum atomic E-state index is -3.68. The number of nitrogens with one attached hydrogen (secondary N) is 1. The SMILES string of the molecule is O=[N+]([O-])c1ccc(S(=O)(=O)NCCOC23CC4CC(CC(C4)C2)C3)cc1. The summed E-state index contributed by atoms with van der Waals surface area (Å²) in [5.41, 5.74) is -0.165. The Hall–Kier alpha value is -1.51. The van der Waals surface area contributed by atoms with Gasteiger partial charge in [0.1, 0.15) is 0 Å². The first kappa shape index (κ1) is 17.9. The zero-order chi connectivity index (χ0) is 18.4. The number of ether oxygens (including phenoxy) is 1. The fourth-order valence-corrected chi connectivity index (χ4v) is 6.49. The fourth-order valence-electron chi connectivity index (χ4n) is 5.48. The van der Waals surface area contributed by atoms with Gasteiger partial charge in [-0.3, -0.25) is 10.1 Å². The smallest absolute Gasteiger partial charge is 0.269 e. The molecule has 7 nitrogen and oxygen atoms in total. The lowest BCUT2D eigenvalue weighted by atomic mass is 9.54. The van der Waals surface area contributed by atoms with Crippen molar-refractivity contribution in [1.82, 2.24) is 4.72 Å². The Morgan fingerprint density at radius 3 is 2.12 bits per heavy atom. The summed E-state index contributed by atoms with van der Waals surface area (Å²) in [5.74, 6) is 2.37. The van der Waals surface area contributed by atoms with Gasteiger partial charge in [-0.1, -0.05) is 0 Å². The standard InChI is InChI=1S/C18H24N2O5S/c21-20(22)16-1-3-17(4-2-16)26(23,24)19-5-6-25-18-10-13-7-14(11-18)9-15(8-13)12-18/h1-4,13-15,19H,5-12H2. The number of nitro benzene ring substituents is 1. The number of nitro groups is 1. The molecule has 5 rings (SSSR count). The van der Waals surface area contributed by atoms with Crippen molar-refractivity contribution in [3.05, 3.63) is 34.4 Å². The van der Waals surface area contributed by atoms with E-state index in [0.29, 0.717) is 6.61 Å². The van der Waals surface area contributed by atoms with Crippen LogP contribution >= 0.6 is 0 Å². The number of benzene rings is 1. The van der Waals surface area contributed by atoms with Gasteiger partial charge in [0.25, 0.3) is 5.69 Å². The molecular weight excluding hydrogens is 356 g/mol. The first-order chi connectivity index (χ1) is 12.4. The van der Waals surface area contributed by atoms with Gasteiger partial charge < -0.3 is 4.74 Å². The molecule has 142 valence electrons. The minimum Gasteiger partial charge on any atom is -0.374 e. The van der Waals surface area contributed by atoms with Crippen LogP contribution in [0.1, 0.15) is 38.5 Å². The summed E-state index contributed by atoms with van der Waals surface area (Å²) in [4.78, 5) is 10.1. The molecular formula is C18H24N2O5S. The number of sulfonamides is 1. The van der Waals surface area contributed by atoms with Crippen LogP contribution in [0.2, 0.25) is 0 Å². The van der Waals surface area contributed by atoms with E-state index in [4.69, 9.17) is 4.74 Å². The number of hydrogen-bond acceptors (Lipinski definition) is 5. The summed E-state index contributed by atoms with van der Waals surface area (Å²) in [6.45, 7) is 0.569. The molecule has 4 aliphatic rings. The van der Waals surface area contributed by atoms with Crippen LogP contribution < -0.4 is 4.72 Å². The van der Waals surface area contributed by atoms with Gasteiger partial charge in [0.15, 0.2) is 0 Å². The average molecular weight is 380 g/mol. The number of hydrogen-bond donors (Lipinski definition) is 1. The van der Waals surface area contributed by atoms with Crippen LogP contribution in [0.4, 0.5) is 5.69 Å². The Morgan fingerprint density at radius 2 is 1.62 bits per heavy atom. The van der Waals surface area contributed by atoms with Crippen LogP contribution in [0.3, 0.4) is 0 Å². The van der Waals surface area contributed by atoms with Crippen LogP contribution in [0, 0.1) is 27.9 Å². The van der Waals surface area contributed by atoms with Gasteiger partial charge in [0.05, 0.1) is 22.0 Å². The van der Waals surface area contributed by atoms with E-state index in [1.165, 1.54) is 43.5 Å². The normalized spacial score (nSPS) is 32.7. The van der Waals surface area contributed by atoms with Gasteiger partial charge in [-0.25, -0.2) is 13.1 Å². The quantitative estimate of drug-likeness (QED) is 0.445. The van der Waals surface area contributed by atoms with Crippen molar-refractivity contribution < 1.29 is 18.1 Å². The highest BCUT2D eigenvalue weighted by atomic mass is 32.2. The highest BCUT2D eigenvalue weighted by Gasteiger charge is 2.51. The third kappa shape index (κ3) is 3.50. The summed E-state index contributed by atoms with van der Waals surface area (Å²) >= 11 is 0. The second-order valence-corrected chi connectivity index (χ2v) is 9.86. The first-order valence-corrected chi connectivity index (χ1v) is 10.7. The molecule has 1 aromatic rings. The highest BCUT2D eigenvalue weighted by Crippen LogP contribution is 2.57. The van der Waals surface area contributed by atoms with Crippen molar-refractivity contribution in [2.24, 2.45) is 17.8 Å². The van der Waals surface area contributed by atoms with Gasteiger partial charge >= 0.3 is 0 Å². The lowest BCUT2D eigenvalue weighted by Crippen LogP contribution is -2.52. The molecule has 1 N–H and O–H groups in total. The number of rotatable bonds is 7. The molecule has 8 heteroatoms. The van der Waals surface area contributed by atoms with Crippen molar-refractivity contribution in [2.75, 3.05) is 13.2 Å². The summed E-state index contributed by atoms with van der Waals surface area (Å²) in [6.07, 6.45) is 7.39. The Labute approximate surface area is 153 Å². The van der Waals surface area contributed by atoms with E-state index in [2.05, 4.69) is 4.72 Å². The molecule has 4 fully saturated rings. The van der Waals surface area contributed by atoms with E-state index in [9.17, 15) is 18.5 Å². The van der Waals surface area contributed by atoms with Crippen LogP contribution in [0.15, 0.2) is 29.2 Å². The van der Waals surface area contributed by atoms with Crippen molar-refractivity contribution in [3.63, 3.8) is 0 Å². The van der Waals surface area contributed by atoms with Crippen LogP contribution in [-0.4, -0.2) is 32.1 Å². The summed E-state index contributed by atoms with van der Waals surface area (Å²) in [6, 6.07) is 4.89. The molecule has 0 spiro atoms. The topological polar surface area (TPSA) is 98.5 Å². The van der Waals surface area contributed by atoms with E-state index >= 15 is 0 Å². The molecule has 1 aromatic carbocycles.